The first-order valence-electron chi connectivity index (χ1n) is 24.5. The van der Waals surface area contributed by atoms with Gasteiger partial charge in [-0.1, -0.05) is 27.2 Å². The molecule has 1 aliphatic carbocycles. The molecule has 2 aliphatic rings. The number of hydrogen-bond acceptors (Lipinski definition) is 24. The summed E-state index contributed by atoms with van der Waals surface area (Å²) in [6.45, 7) is 17.4. The Labute approximate surface area is 426 Å². The van der Waals surface area contributed by atoms with E-state index >= 15 is 0 Å². The van der Waals surface area contributed by atoms with Crippen molar-refractivity contribution < 1.29 is 44.7 Å². The molecule has 0 radical (unpaired) electrons. The highest BCUT2D eigenvalue weighted by Crippen LogP contribution is 2.38. The van der Waals surface area contributed by atoms with Crippen molar-refractivity contribution in [2.45, 2.75) is 129 Å². The van der Waals surface area contributed by atoms with Gasteiger partial charge in [-0.3, -0.25) is 14.4 Å². The van der Waals surface area contributed by atoms with Crippen LogP contribution in [0.5, 0.6) is 0 Å². The number of aliphatic carboxylic acids is 3. The van der Waals surface area contributed by atoms with Crippen molar-refractivity contribution >= 4 is 17.9 Å². The van der Waals surface area contributed by atoms with Gasteiger partial charge in [0.05, 0.1) is 13.2 Å². The molecule has 0 bridgehead atoms. The maximum Gasteiger partial charge on any atom is 0.320 e. The topological polar surface area (TPSA) is 630 Å². The minimum absolute atomic E-state index is 0.139. The van der Waals surface area contributed by atoms with Crippen LogP contribution in [-0.2, 0) is 19.1 Å². The highest BCUT2D eigenvalue weighted by Gasteiger charge is 2.33. The van der Waals surface area contributed by atoms with Crippen LogP contribution in [0.25, 0.3) is 0 Å². The lowest BCUT2D eigenvalue weighted by Gasteiger charge is -2.39. The summed E-state index contributed by atoms with van der Waals surface area (Å²) in [7, 11) is 0. The van der Waals surface area contributed by atoms with Crippen molar-refractivity contribution in [1.82, 2.24) is 0 Å². The van der Waals surface area contributed by atoms with Gasteiger partial charge < -0.3 is 133 Å². The summed E-state index contributed by atoms with van der Waals surface area (Å²) in [6.07, 6.45) is 9.84. The lowest BCUT2D eigenvalue weighted by Crippen LogP contribution is -2.44. The van der Waals surface area contributed by atoms with E-state index in [0.717, 1.165) is 84.5 Å². The van der Waals surface area contributed by atoms with E-state index in [-0.39, 0.29) is 49.6 Å². The Morgan fingerprint density at radius 1 is 0.535 bits per heavy atom. The summed E-state index contributed by atoms with van der Waals surface area (Å²) in [5.41, 5.74) is 94.8. The highest BCUT2D eigenvalue weighted by atomic mass is 16.5. The van der Waals surface area contributed by atoms with E-state index in [4.69, 9.17) is 133 Å². The van der Waals surface area contributed by atoms with Gasteiger partial charge in [0.2, 0.25) is 0 Å². The molecule has 0 amide bonds. The maximum atomic E-state index is 10.1. The molecule has 0 aromatic carbocycles. The number of aliphatic hydroxyl groups excluding tert-OH is 2. The molecule has 5 unspecified atom stereocenters. The van der Waals surface area contributed by atoms with Crippen LogP contribution in [0, 0.1) is 21.7 Å². The molecule has 434 valence electrons. The average molecular weight is 1040 g/mol. The van der Waals surface area contributed by atoms with Crippen molar-refractivity contribution in [3.8, 4) is 0 Å². The standard InChI is InChI=1S/C7H16N2O.C6H14N2.C5H10N2O4.C5H14N2O2.2C5H14N2.C4H10N2O2.C4H12N2.C3H10N2/c8-5-7(6-9)1-3-10-4-2-7;7-4-6(5-8)2-1-3-6;6-2(4(8)9)1-3(7)5(10)11;6-1-5(2-7,3-8)4-9;1-5(2,3-6)4-7;1-2-5(7)3-4-6;5-2-1-3(6)4(7)8;1-4(6)2-3-5;4-2-1-3-5/h1-6,8-9H2;1-5,7-8H2;2-3H,1,6-7H2,(H,8,9)(H,10,11);8-9H,1-4,6-7H2;3-4,6-7H2,1-2H3;5H,2-4,6-7H2,1H3;3H,1-2,5-6H2,(H,7,8);4H,2-3,5-6H2,1H3;1-5H2. The zero-order chi connectivity index (χ0) is 57.1. The third-order valence-electron chi connectivity index (χ3n) is 11.4. The Morgan fingerprint density at radius 3 is 0.986 bits per heavy atom. The fraction of sp³-hybridized carbons (Fsp3) is 0.932. The quantitative estimate of drug-likeness (QED) is 0.0427. The van der Waals surface area contributed by atoms with Crippen LogP contribution in [0.2, 0.25) is 0 Å². The number of carboxylic acids is 3. The molecule has 41 N–H and O–H groups in total. The number of rotatable bonds is 24. The van der Waals surface area contributed by atoms with E-state index in [0.29, 0.717) is 57.1 Å². The third kappa shape index (κ3) is 52.2. The van der Waals surface area contributed by atoms with Gasteiger partial charge in [0.1, 0.15) is 18.1 Å². The molecule has 1 heterocycles. The lowest BCUT2D eigenvalue weighted by molar-refractivity contribution is -0.141. The van der Waals surface area contributed by atoms with E-state index in [2.05, 4.69) is 6.92 Å². The first kappa shape index (κ1) is 82.6. The second kappa shape index (κ2) is 53.8. The second-order valence-electron chi connectivity index (χ2n) is 18.5. The molecule has 27 heteroatoms. The van der Waals surface area contributed by atoms with Crippen molar-refractivity contribution in [2.75, 3.05) is 112 Å². The molecule has 1 saturated heterocycles. The lowest BCUT2D eigenvalue weighted by atomic mass is 9.69. The monoisotopic (exact) mass is 1040 g/mol. The van der Waals surface area contributed by atoms with E-state index in [1.165, 1.54) is 19.3 Å². The molecule has 0 spiro atoms. The molecule has 1 aliphatic heterocycles. The van der Waals surface area contributed by atoms with Crippen LogP contribution in [0.3, 0.4) is 0 Å². The molecule has 0 aromatic rings. The van der Waals surface area contributed by atoms with E-state index in [1.54, 1.807) is 0 Å². The number of ether oxygens (including phenoxy) is 1. The van der Waals surface area contributed by atoms with Crippen LogP contribution in [-0.4, -0.2) is 185 Å². The molecular formula is C44H114N18O9. The number of carboxylic acid groups (broad SMARTS) is 3. The van der Waals surface area contributed by atoms with E-state index in [9.17, 15) is 14.4 Å². The zero-order valence-corrected chi connectivity index (χ0v) is 44.4. The smallest absolute Gasteiger partial charge is 0.320 e. The molecule has 71 heavy (non-hydrogen) atoms. The molecule has 0 aromatic heterocycles. The Kier molecular flexibility index (Phi) is 62.6. The molecule has 5 atom stereocenters. The van der Waals surface area contributed by atoms with Crippen LogP contribution in [0.15, 0.2) is 0 Å². The Balaban J connectivity index is -0.000000131. The number of hydrogen-bond donors (Lipinski definition) is 23. The normalized spacial score (nSPS) is 16.1. The minimum Gasteiger partial charge on any atom is -0.480 e. The fourth-order valence-electron chi connectivity index (χ4n) is 4.52. The Bertz CT molecular complexity index is 1100. The summed E-state index contributed by atoms with van der Waals surface area (Å²) in [5.74, 6) is -3.49. The predicted octanol–water partition coefficient (Wildman–Crippen LogP) is -6.42. The summed E-state index contributed by atoms with van der Waals surface area (Å²) < 4.78 is 5.22. The maximum absolute atomic E-state index is 10.1. The van der Waals surface area contributed by atoms with Gasteiger partial charge in [0.15, 0.2) is 0 Å². The van der Waals surface area contributed by atoms with Gasteiger partial charge in [-0.15, -0.1) is 0 Å². The summed E-state index contributed by atoms with van der Waals surface area (Å²) in [5, 5.41) is 41.9. The van der Waals surface area contributed by atoms with Gasteiger partial charge in [-0.25, -0.2) is 0 Å². The van der Waals surface area contributed by atoms with Gasteiger partial charge in [-0.2, -0.15) is 0 Å². The minimum atomic E-state index is -1.25. The molecule has 2 rings (SSSR count). The van der Waals surface area contributed by atoms with E-state index < -0.39 is 41.4 Å². The average Bonchev–Trinajstić information content (AvgIpc) is 3.34. The van der Waals surface area contributed by atoms with E-state index in [1.807, 2.05) is 20.8 Å². The third-order valence-corrected chi connectivity index (χ3v) is 11.4. The molecule has 1 saturated carbocycles. The zero-order valence-electron chi connectivity index (χ0n) is 44.4. The van der Waals surface area contributed by atoms with Gasteiger partial charge in [0.25, 0.3) is 0 Å². The van der Waals surface area contributed by atoms with Crippen molar-refractivity contribution in [3.05, 3.63) is 0 Å². The second-order valence-corrected chi connectivity index (χ2v) is 18.5. The summed E-state index contributed by atoms with van der Waals surface area (Å²) in [6, 6.07) is -2.61. The molecule has 2 fully saturated rings. The summed E-state index contributed by atoms with van der Waals surface area (Å²) in [4.78, 5) is 30.1. The first-order valence-corrected chi connectivity index (χ1v) is 24.5. The van der Waals surface area contributed by atoms with Gasteiger partial charge >= 0.3 is 17.9 Å². The molecule has 27 nitrogen and oxygen atoms in total. The van der Waals surface area contributed by atoms with Gasteiger partial charge in [0, 0.05) is 43.8 Å². The summed E-state index contributed by atoms with van der Waals surface area (Å²) >= 11 is 0. The predicted molar refractivity (Wildman–Crippen MR) is 289 cm³/mol. The van der Waals surface area contributed by atoms with Crippen LogP contribution in [0.1, 0.15) is 98.3 Å². The SMILES string of the molecule is CC(C)(CN)CN.CC(N)CCN.CCC(N)CCN.NC(CC(N)C(=O)O)C(=O)O.NCC(CN)(CO)CO.NCC1(CN)CCC1.NCC1(CN)CCOCC1.NCCC(N)C(=O)O.NCCCN. The van der Waals surface area contributed by atoms with Crippen LogP contribution < -0.4 is 103 Å². The number of aliphatic hydroxyl groups is 2. The van der Waals surface area contributed by atoms with Crippen LogP contribution >= 0.6 is 0 Å². The highest BCUT2D eigenvalue weighted by molar-refractivity contribution is 5.77. The van der Waals surface area contributed by atoms with Crippen molar-refractivity contribution in [3.63, 3.8) is 0 Å². The van der Waals surface area contributed by atoms with Crippen LogP contribution in [0.4, 0.5) is 0 Å². The Morgan fingerprint density at radius 2 is 0.887 bits per heavy atom. The first-order chi connectivity index (χ1) is 33.1. The molecular weight excluding hydrogens is 925 g/mol. The van der Waals surface area contributed by atoms with Crippen molar-refractivity contribution in [2.24, 2.45) is 125 Å². The van der Waals surface area contributed by atoms with Crippen molar-refractivity contribution in [1.29, 1.82) is 0 Å². The largest absolute Gasteiger partial charge is 0.480 e. The Hall–Kier alpha value is -2.43. The number of nitrogens with two attached hydrogens (primary N) is 18. The fourth-order valence-corrected chi connectivity index (χ4v) is 4.52. The number of carbonyl (C=O) groups is 3. The van der Waals surface area contributed by atoms with Gasteiger partial charge in [-0.05, 0) is 159 Å².